The maximum Gasteiger partial charge on any atom is 0.412 e. The van der Waals surface area contributed by atoms with Crippen LogP contribution in [0.1, 0.15) is 20.8 Å². The van der Waals surface area contributed by atoms with E-state index in [1.807, 2.05) is 4.72 Å². The van der Waals surface area contributed by atoms with E-state index in [-0.39, 0.29) is 11.5 Å². The van der Waals surface area contributed by atoms with Crippen LogP contribution in [-0.2, 0) is 14.8 Å². The normalized spacial score (nSPS) is 11.9. The highest BCUT2D eigenvalue weighted by atomic mass is 32.2. The van der Waals surface area contributed by atoms with Crippen LogP contribution in [0.3, 0.4) is 0 Å². The zero-order chi connectivity index (χ0) is 18.8. The fourth-order valence-electron chi connectivity index (χ4n) is 1.76. The molecule has 2 aromatic rings. The van der Waals surface area contributed by atoms with Crippen molar-refractivity contribution in [3.05, 3.63) is 34.7 Å². The summed E-state index contributed by atoms with van der Waals surface area (Å²) in [6, 6.07) is 1.37. The van der Waals surface area contributed by atoms with Crippen LogP contribution < -0.4 is 10.0 Å². The number of thiazole rings is 1. The Hall–Kier alpha value is -2.27. The van der Waals surface area contributed by atoms with Crippen LogP contribution in [0.4, 0.5) is 25.1 Å². The lowest BCUT2D eigenvalue weighted by Crippen LogP contribution is -2.27. The molecule has 0 saturated carbocycles. The van der Waals surface area contributed by atoms with Gasteiger partial charge in [-0.25, -0.2) is 27.0 Å². The molecular weight excluding hydrogens is 376 g/mol. The first kappa shape index (κ1) is 19.1. The van der Waals surface area contributed by atoms with Gasteiger partial charge in [0.2, 0.25) is 0 Å². The van der Waals surface area contributed by atoms with Gasteiger partial charge in [-0.2, -0.15) is 0 Å². The Morgan fingerprint density at radius 3 is 2.32 bits per heavy atom. The maximum absolute atomic E-state index is 14.2. The van der Waals surface area contributed by atoms with Crippen LogP contribution in [0.15, 0.2) is 27.9 Å². The molecule has 0 fully saturated rings. The smallest absolute Gasteiger partial charge is 0.412 e. The van der Waals surface area contributed by atoms with Gasteiger partial charge in [-0.05, 0) is 32.9 Å². The summed E-state index contributed by atoms with van der Waals surface area (Å²) in [6.45, 7) is 4.86. The number of carbonyl (C=O) groups is 1. The van der Waals surface area contributed by atoms with Crippen molar-refractivity contribution >= 4 is 39.0 Å². The summed E-state index contributed by atoms with van der Waals surface area (Å²) in [4.78, 5) is 14.1. The highest BCUT2D eigenvalue weighted by molar-refractivity contribution is 7.92. The van der Waals surface area contributed by atoms with Crippen LogP contribution in [0.25, 0.3) is 0 Å². The molecule has 1 aromatic carbocycles. The number of nitrogens with one attached hydrogen (secondary N) is 2. The Balaban J connectivity index is 2.27. The molecule has 0 spiro atoms. The number of benzene rings is 1. The number of ether oxygens (including phenoxy) is 1. The van der Waals surface area contributed by atoms with Crippen LogP contribution in [-0.4, -0.2) is 25.1 Å². The summed E-state index contributed by atoms with van der Waals surface area (Å²) in [5.74, 6) is -2.79. The van der Waals surface area contributed by atoms with Gasteiger partial charge < -0.3 is 4.74 Å². The number of halogens is 2. The number of aromatic nitrogens is 1. The number of sulfonamides is 1. The second-order valence-corrected chi connectivity index (χ2v) is 8.21. The number of hydrogen-bond acceptors (Lipinski definition) is 6. The largest absolute Gasteiger partial charge is 0.444 e. The Kier molecular flexibility index (Phi) is 5.28. The van der Waals surface area contributed by atoms with Gasteiger partial charge in [0, 0.05) is 11.1 Å². The van der Waals surface area contributed by atoms with E-state index in [0.29, 0.717) is 12.1 Å². The van der Waals surface area contributed by atoms with E-state index in [2.05, 4.69) is 10.3 Å². The quantitative estimate of drug-likeness (QED) is 0.830. The number of hydrogen-bond donors (Lipinski definition) is 2. The van der Waals surface area contributed by atoms with Gasteiger partial charge >= 0.3 is 6.09 Å². The predicted octanol–water partition coefficient (Wildman–Crippen LogP) is 3.57. The van der Waals surface area contributed by atoms with Gasteiger partial charge in [0.1, 0.15) is 17.2 Å². The van der Waals surface area contributed by atoms with E-state index in [4.69, 9.17) is 4.74 Å². The average molecular weight is 391 g/mol. The molecule has 1 heterocycles. The van der Waals surface area contributed by atoms with Gasteiger partial charge in [0.25, 0.3) is 10.0 Å². The van der Waals surface area contributed by atoms with Gasteiger partial charge in [-0.15, -0.1) is 11.3 Å². The summed E-state index contributed by atoms with van der Waals surface area (Å²) in [7, 11) is -4.52. The van der Waals surface area contributed by atoms with E-state index in [1.54, 1.807) is 20.8 Å². The van der Waals surface area contributed by atoms with Crippen molar-refractivity contribution in [3.63, 3.8) is 0 Å². The minimum absolute atomic E-state index is 0.0558. The third-order valence-corrected chi connectivity index (χ3v) is 4.58. The van der Waals surface area contributed by atoms with E-state index < -0.39 is 38.2 Å². The molecule has 2 rings (SSSR count). The third-order valence-electron chi connectivity index (χ3n) is 2.58. The molecule has 0 saturated heterocycles. The van der Waals surface area contributed by atoms with E-state index in [9.17, 15) is 22.0 Å². The standard InChI is InChI=1S/C14H15F2N3O4S2/c1-14(2,3)23-13(20)18-8-4-9(15)12(10(16)5-8)25(21,22)19-11-6-24-7-17-11/h4-7,19H,1-3H3,(H,18,20). The van der Waals surface area contributed by atoms with Crippen molar-refractivity contribution in [1.29, 1.82) is 0 Å². The van der Waals surface area contributed by atoms with Gasteiger partial charge in [0.15, 0.2) is 10.7 Å². The zero-order valence-corrected chi connectivity index (χ0v) is 15.1. The Morgan fingerprint density at radius 2 is 1.84 bits per heavy atom. The number of rotatable bonds is 4. The molecular formula is C14H15F2N3O4S2. The second kappa shape index (κ2) is 6.92. The van der Waals surface area contributed by atoms with Gasteiger partial charge in [0.05, 0.1) is 5.51 Å². The summed E-state index contributed by atoms with van der Waals surface area (Å²) >= 11 is 1.11. The van der Waals surface area contributed by atoms with Crippen LogP contribution in [0, 0.1) is 11.6 Å². The van der Waals surface area contributed by atoms with Gasteiger partial charge in [-0.3, -0.25) is 10.0 Å². The summed E-state index contributed by atoms with van der Waals surface area (Å²) < 4.78 is 59.5. The van der Waals surface area contributed by atoms with Crippen LogP contribution in [0.5, 0.6) is 0 Å². The minimum atomic E-state index is -4.52. The SMILES string of the molecule is CC(C)(C)OC(=O)Nc1cc(F)c(S(=O)(=O)Nc2cscn2)c(F)c1. The molecule has 136 valence electrons. The zero-order valence-electron chi connectivity index (χ0n) is 13.5. The van der Waals surface area contributed by atoms with E-state index >= 15 is 0 Å². The van der Waals surface area contributed by atoms with Crippen LogP contribution in [0.2, 0.25) is 0 Å². The molecule has 0 atom stereocenters. The van der Waals surface area contributed by atoms with E-state index in [1.165, 1.54) is 10.9 Å². The fraction of sp³-hybridized carbons (Fsp3) is 0.286. The molecule has 0 radical (unpaired) electrons. The molecule has 0 unspecified atom stereocenters. The number of nitrogens with zero attached hydrogens (tertiary/aromatic N) is 1. The second-order valence-electron chi connectivity index (χ2n) is 5.88. The van der Waals surface area contributed by atoms with Crippen molar-refractivity contribution in [3.8, 4) is 0 Å². The first-order chi connectivity index (χ1) is 11.5. The molecule has 25 heavy (non-hydrogen) atoms. The first-order valence-corrected chi connectivity index (χ1v) is 9.30. The monoisotopic (exact) mass is 391 g/mol. The lowest BCUT2D eigenvalue weighted by Gasteiger charge is -2.19. The predicted molar refractivity (Wildman–Crippen MR) is 89.1 cm³/mol. The molecule has 11 heteroatoms. The molecule has 0 aliphatic carbocycles. The molecule has 0 aliphatic heterocycles. The van der Waals surface area contributed by atoms with Crippen molar-refractivity contribution < 1.29 is 26.7 Å². The molecule has 0 aliphatic rings. The highest BCUT2D eigenvalue weighted by Gasteiger charge is 2.26. The number of carbonyl (C=O) groups excluding carboxylic acids is 1. The topological polar surface area (TPSA) is 97.4 Å². The van der Waals surface area contributed by atoms with Crippen molar-refractivity contribution in [2.24, 2.45) is 0 Å². The van der Waals surface area contributed by atoms with E-state index in [0.717, 1.165) is 11.3 Å². The van der Waals surface area contributed by atoms with Crippen molar-refractivity contribution in [2.45, 2.75) is 31.3 Å². The lowest BCUT2D eigenvalue weighted by molar-refractivity contribution is 0.0636. The molecule has 1 aromatic heterocycles. The summed E-state index contributed by atoms with van der Waals surface area (Å²) in [5, 5.41) is 3.50. The average Bonchev–Trinajstić information content (AvgIpc) is 2.86. The summed E-state index contributed by atoms with van der Waals surface area (Å²) in [6.07, 6.45) is -0.928. The highest BCUT2D eigenvalue weighted by Crippen LogP contribution is 2.25. The number of anilines is 2. The molecule has 1 amide bonds. The Morgan fingerprint density at radius 1 is 1.24 bits per heavy atom. The van der Waals surface area contributed by atoms with Crippen LogP contribution >= 0.6 is 11.3 Å². The molecule has 2 N–H and O–H groups in total. The van der Waals surface area contributed by atoms with Gasteiger partial charge in [-0.1, -0.05) is 0 Å². The third kappa shape index (κ3) is 5.10. The lowest BCUT2D eigenvalue weighted by atomic mass is 10.2. The Labute approximate surface area is 147 Å². The van der Waals surface area contributed by atoms with Crippen molar-refractivity contribution in [1.82, 2.24) is 4.98 Å². The fourth-order valence-corrected chi connectivity index (χ4v) is 3.44. The Bertz CT molecular complexity index is 855. The molecule has 0 bridgehead atoms. The first-order valence-electron chi connectivity index (χ1n) is 6.88. The number of amides is 1. The van der Waals surface area contributed by atoms with Crippen molar-refractivity contribution in [2.75, 3.05) is 10.0 Å². The minimum Gasteiger partial charge on any atom is -0.444 e. The molecule has 7 nitrogen and oxygen atoms in total. The maximum atomic E-state index is 14.2. The summed E-state index contributed by atoms with van der Waals surface area (Å²) in [5.41, 5.74) is 0.275.